The molecular weight excluding hydrogens is 380 g/mol. The molecule has 0 spiro atoms. The number of halogens is 3. The van der Waals surface area contributed by atoms with Gasteiger partial charge < -0.3 is 0 Å². The number of sulfonamides is 1. The average molecular weight is 402 g/mol. The Morgan fingerprint density at radius 1 is 1.08 bits per heavy atom. The molecule has 0 N–H and O–H groups in total. The lowest BCUT2D eigenvalue weighted by Gasteiger charge is -2.28. The summed E-state index contributed by atoms with van der Waals surface area (Å²) in [5.74, 6) is 0. The van der Waals surface area contributed by atoms with E-state index in [1.165, 1.54) is 12.1 Å². The van der Waals surface area contributed by atoms with Gasteiger partial charge in [-0.05, 0) is 50.6 Å². The van der Waals surface area contributed by atoms with E-state index in [9.17, 15) is 17.2 Å². The second-order valence-electron chi connectivity index (χ2n) is 6.77. The van der Waals surface area contributed by atoms with Crippen LogP contribution in [0.25, 0.3) is 0 Å². The molecule has 0 aliphatic carbocycles. The molecule has 26 heavy (non-hydrogen) atoms. The van der Waals surface area contributed by atoms with Crippen molar-refractivity contribution in [1.82, 2.24) is 4.31 Å². The SMILES string of the molecule is Cc1ccc(S(=O)(=O)N(Cc2ccc(Cl)cc2)CC(F)C(C)(C)F)cc1. The van der Waals surface area contributed by atoms with E-state index in [2.05, 4.69) is 0 Å². The molecular formula is C19H22ClF2NO2S. The Balaban J connectivity index is 2.38. The lowest BCUT2D eigenvalue weighted by atomic mass is 10.1. The summed E-state index contributed by atoms with van der Waals surface area (Å²) in [5.41, 5.74) is -0.614. The Bertz CT molecular complexity index is 831. The normalized spacial score (nSPS) is 13.8. The van der Waals surface area contributed by atoms with E-state index < -0.39 is 28.4 Å². The third-order valence-corrected chi connectivity index (χ3v) is 6.12. The summed E-state index contributed by atoms with van der Waals surface area (Å²) in [6, 6.07) is 12.8. The zero-order valence-electron chi connectivity index (χ0n) is 14.9. The fraction of sp³-hybridized carbons (Fsp3) is 0.368. The summed E-state index contributed by atoms with van der Waals surface area (Å²) < 4.78 is 55.2. The van der Waals surface area contributed by atoms with Gasteiger partial charge in [0.1, 0.15) is 11.8 Å². The van der Waals surface area contributed by atoms with Crippen LogP contribution < -0.4 is 0 Å². The molecule has 0 aromatic heterocycles. The van der Waals surface area contributed by atoms with E-state index >= 15 is 0 Å². The van der Waals surface area contributed by atoms with Gasteiger partial charge >= 0.3 is 0 Å². The van der Waals surface area contributed by atoms with Crippen molar-refractivity contribution in [3.8, 4) is 0 Å². The molecule has 1 atom stereocenters. The van der Waals surface area contributed by atoms with Crippen LogP contribution in [0.4, 0.5) is 8.78 Å². The largest absolute Gasteiger partial charge is 0.243 e. The Hall–Kier alpha value is -1.50. The number of alkyl halides is 2. The first kappa shape index (κ1) is 20.8. The van der Waals surface area contributed by atoms with Gasteiger partial charge in [0.2, 0.25) is 10.0 Å². The molecule has 2 aromatic rings. The molecule has 0 amide bonds. The molecule has 1 unspecified atom stereocenters. The second-order valence-corrected chi connectivity index (χ2v) is 9.14. The van der Waals surface area contributed by atoms with Gasteiger partial charge in [-0.25, -0.2) is 17.2 Å². The lowest BCUT2D eigenvalue weighted by molar-refractivity contribution is 0.0698. The first-order valence-corrected chi connectivity index (χ1v) is 9.96. The highest BCUT2D eigenvalue weighted by Crippen LogP contribution is 2.25. The van der Waals surface area contributed by atoms with Crippen LogP contribution in [0.2, 0.25) is 5.02 Å². The molecule has 0 aliphatic heterocycles. The Labute approximate surface area is 158 Å². The topological polar surface area (TPSA) is 37.4 Å². The highest BCUT2D eigenvalue weighted by molar-refractivity contribution is 7.89. The van der Waals surface area contributed by atoms with E-state index in [1.807, 2.05) is 6.92 Å². The molecule has 2 aromatic carbocycles. The molecule has 7 heteroatoms. The van der Waals surface area contributed by atoms with E-state index in [4.69, 9.17) is 11.6 Å². The quantitative estimate of drug-likeness (QED) is 0.660. The molecule has 142 valence electrons. The number of nitrogens with zero attached hydrogens (tertiary/aromatic N) is 1. The number of aryl methyl sites for hydroxylation is 1. The maximum Gasteiger partial charge on any atom is 0.243 e. The van der Waals surface area contributed by atoms with E-state index in [1.54, 1.807) is 36.4 Å². The molecule has 0 fully saturated rings. The van der Waals surface area contributed by atoms with Crippen molar-refractivity contribution < 1.29 is 17.2 Å². The van der Waals surface area contributed by atoms with E-state index in [0.29, 0.717) is 10.6 Å². The summed E-state index contributed by atoms with van der Waals surface area (Å²) >= 11 is 5.85. The van der Waals surface area contributed by atoms with Gasteiger partial charge in [0.25, 0.3) is 0 Å². The highest BCUT2D eigenvalue weighted by atomic mass is 35.5. The summed E-state index contributed by atoms with van der Waals surface area (Å²) in [4.78, 5) is 0.0425. The first-order chi connectivity index (χ1) is 12.0. The molecule has 0 saturated carbocycles. The van der Waals surface area contributed by atoms with Crippen LogP contribution in [0.1, 0.15) is 25.0 Å². The van der Waals surface area contributed by atoms with Gasteiger partial charge in [-0.3, -0.25) is 0 Å². The van der Waals surface area contributed by atoms with Gasteiger partial charge in [0.15, 0.2) is 0 Å². The van der Waals surface area contributed by atoms with Crippen LogP contribution in [0, 0.1) is 6.92 Å². The maximum absolute atomic E-state index is 14.3. The average Bonchev–Trinajstić information content (AvgIpc) is 2.55. The zero-order valence-corrected chi connectivity index (χ0v) is 16.5. The van der Waals surface area contributed by atoms with Crippen molar-refractivity contribution in [1.29, 1.82) is 0 Å². The Morgan fingerprint density at radius 2 is 1.62 bits per heavy atom. The molecule has 0 saturated heterocycles. The van der Waals surface area contributed by atoms with Crippen molar-refractivity contribution in [2.24, 2.45) is 0 Å². The molecule has 3 nitrogen and oxygen atoms in total. The molecule has 0 heterocycles. The highest BCUT2D eigenvalue weighted by Gasteiger charge is 2.35. The third kappa shape index (κ3) is 5.25. The predicted octanol–water partition coefficient (Wildman–Crippen LogP) is 4.93. The van der Waals surface area contributed by atoms with Crippen molar-refractivity contribution in [2.75, 3.05) is 6.54 Å². The zero-order chi connectivity index (χ0) is 19.5. The maximum atomic E-state index is 14.3. The Morgan fingerprint density at radius 3 is 2.12 bits per heavy atom. The number of hydrogen-bond donors (Lipinski definition) is 0. The molecule has 0 bridgehead atoms. The number of hydrogen-bond acceptors (Lipinski definition) is 2. The van der Waals surface area contributed by atoms with Crippen LogP contribution in [0.3, 0.4) is 0 Å². The predicted molar refractivity (Wildman–Crippen MR) is 100 cm³/mol. The van der Waals surface area contributed by atoms with Crippen LogP contribution >= 0.6 is 11.6 Å². The second kappa shape index (κ2) is 8.03. The van der Waals surface area contributed by atoms with Gasteiger partial charge in [0, 0.05) is 18.1 Å². The number of rotatable bonds is 7. The monoisotopic (exact) mass is 401 g/mol. The minimum absolute atomic E-state index is 0.0425. The minimum Gasteiger partial charge on any atom is -0.243 e. The van der Waals surface area contributed by atoms with E-state index in [0.717, 1.165) is 23.7 Å². The summed E-state index contributed by atoms with van der Waals surface area (Å²) in [5, 5.41) is 0.509. The Kier molecular flexibility index (Phi) is 6.42. The van der Waals surface area contributed by atoms with Gasteiger partial charge in [-0.1, -0.05) is 41.4 Å². The lowest BCUT2D eigenvalue weighted by Crippen LogP contribution is -2.42. The van der Waals surface area contributed by atoms with Crippen LogP contribution in [-0.2, 0) is 16.6 Å². The molecule has 0 radical (unpaired) electrons. The number of benzene rings is 2. The summed E-state index contributed by atoms with van der Waals surface area (Å²) in [7, 11) is -3.99. The third-order valence-electron chi connectivity index (χ3n) is 4.04. The van der Waals surface area contributed by atoms with Gasteiger partial charge in [-0.15, -0.1) is 0 Å². The standard InChI is InChI=1S/C19H22ClF2NO2S/c1-14-4-10-17(11-5-14)26(24,25)23(13-18(21)19(2,3)22)12-15-6-8-16(20)9-7-15/h4-11,18H,12-13H2,1-3H3. The van der Waals surface area contributed by atoms with Gasteiger partial charge in [0.05, 0.1) is 4.90 Å². The fourth-order valence-electron chi connectivity index (χ4n) is 2.30. The van der Waals surface area contributed by atoms with Gasteiger partial charge in [-0.2, -0.15) is 4.31 Å². The summed E-state index contributed by atoms with van der Waals surface area (Å²) in [6.45, 7) is 3.37. The van der Waals surface area contributed by atoms with Crippen molar-refractivity contribution in [2.45, 2.75) is 44.1 Å². The van der Waals surface area contributed by atoms with Crippen LogP contribution in [0.15, 0.2) is 53.4 Å². The fourth-order valence-corrected chi connectivity index (χ4v) is 3.85. The minimum atomic E-state index is -3.99. The molecule has 2 rings (SSSR count). The molecule has 0 aliphatic rings. The van der Waals surface area contributed by atoms with Crippen molar-refractivity contribution >= 4 is 21.6 Å². The first-order valence-electron chi connectivity index (χ1n) is 8.14. The van der Waals surface area contributed by atoms with E-state index in [-0.39, 0.29) is 11.4 Å². The van der Waals surface area contributed by atoms with Crippen molar-refractivity contribution in [3.63, 3.8) is 0 Å². The van der Waals surface area contributed by atoms with Crippen LogP contribution in [0.5, 0.6) is 0 Å². The smallest absolute Gasteiger partial charge is 0.243 e. The van der Waals surface area contributed by atoms with Crippen molar-refractivity contribution in [3.05, 3.63) is 64.7 Å². The van der Waals surface area contributed by atoms with Crippen LogP contribution in [-0.4, -0.2) is 31.1 Å². The summed E-state index contributed by atoms with van der Waals surface area (Å²) in [6.07, 6.45) is -1.96.